The lowest BCUT2D eigenvalue weighted by Crippen LogP contribution is -2.27. The number of allylic oxidation sites excluding steroid dienone is 1. The van der Waals surface area contributed by atoms with Gasteiger partial charge in [-0.1, -0.05) is 0 Å². The predicted octanol–water partition coefficient (Wildman–Crippen LogP) is -0.0846. The Hall–Kier alpha value is -1.10. The van der Waals surface area contributed by atoms with Crippen LogP contribution in [0.3, 0.4) is 0 Å². The molecule has 0 aromatic rings. The van der Waals surface area contributed by atoms with Crippen LogP contribution < -0.4 is 0 Å². The monoisotopic (exact) mass is 186 g/mol. The molecule has 1 rings (SSSR count). The number of nitrogens with zero attached hydrogens (tertiary/aromatic N) is 2. The van der Waals surface area contributed by atoms with Crippen LogP contribution in [0.25, 0.3) is 0 Å². The van der Waals surface area contributed by atoms with Gasteiger partial charge in [-0.05, 0) is 6.92 Å². The quantitative estimate of drug-likeness (QED) is 0.538. The van der Waals surface area contributed by atoms with E-state index in [0.717, 1.165) is 11.1 Å². The summed E-state index contributed by atoms with van der Waals surface area (Å²) in [5.74, 6) is 0. The molecule has 0 radical (unpaired) electrons. The molecule has 0 aliphatic carbocycles. The van der Waals surface area contributed by atoms with Crippen molar-refractivity contribution in [2.75, 3.05) is 13.6 Å². The van der Waals surface area contributed by atoms with Gasteiger partial charge >= 0.3 is 0 Å². The summed E-state index contributed by atoms with van der Waals surface area (Å²) < 4.78 is 20.6. The smallest absolute Gasteiger partial charge is 0.215 e. The van der Waals surface area contributed by atoms with E-state index in [-0.39, 0.29) is 0 Å². The van der Waals surface area contributed by atoms with Crippen molar-refractivity contribution in [3.05, 3.63) is 11.9 Å². The Morgan fingerprint density at radius 1 is 1.67 bits per heavy atom. The molecule has 12 heavy (non-hydrogen) atoms. The third kappa shape index (κ3) is 2.20. The van der Waals surface area contributed by atoms with Gasteiger partial charge in [-0.15, -0.1) is 0 Å². The molecule has 66 valence electrons. The SMILES string of the molecule is CC1=CN=C(C=S(=O)=O)CN1C. The van der Waals surface area contributed by atoms with Gasteiger partial charge in [-0.2, -0.15) is 8.42 Å². The summed E-state index contributed by atoms with van der Waals surface area (Å²) >= 11 is 0. The van der Waals surface area contributed by atoms with E-state index in [1.165, 1.54) is 0 Å². The minimum atomic E-state index is -2.15. The van der Waals surface area contributed by atoms with E-state index in [1.807, 2.05) is 18.9 Å². The summed E-state index contributed by atoms with van der Waals surface area (Å²) in [5.41, 5.74) is 1.60. The van der Waals surface area contributed by atoms with Gasteiger partial charge in [0.2, 0.25) is 10.3 Å². The van der Waals surface area contributed by atoms with Gasteiger partial charge < -0.3 is 4.90 Å². The minimum Gasteiger partial charge on any atom is -0.371 e. The van der Waals surface area contributed by atoms with Crippen molar-refractivity contribution in [3.63, 3.8) is 0 Å². The summed E-state index contributed by atoms with van der Waals surface area (Å²) in [4.78, 5) is 5.90. The topological polar surface area (TPSA) is 49.7 Å². The van der Waals surface area contributed by atoms with Gasteiger partial charge in [0.15, 0.2) is 0 Å². The van der Waals surface area contributed by atoms with Crippen LogP contribution in [0.15, 0.2) is 16.9 Å². The number of rotatable bonds is 1. The molecule has 0 bridgehead atoms. The summed E-state index contributed by atoms with van der Waals surface area (Å²) in [5, 5.41) is 1.12. The second-order valence-electron chi connectivity index (χ2n) is 2.63. The van der Waals surface area contributed by atoms with Gasteiger partial charge in [0.05, 0.1) is 17.6 Å². The fourth-order valence-corrected chi connectivity index (χ4v) is 1.22. The molecule has 0 N–H and O–H groups in total. The van der Waals surface area contributed by atoms with E-state index >= 15 is 0 Å². The Bertz CT molecular complexity index is 357. The summed E-state index contributed by atoms with van der Waals surface area (Å²) in [6.07, 6.45) is 1.65. The lowest BCUT2D eigenvalue weighted by molar-refractivity contribution is 0.473. The maximum absolute atomic E-state index is 10.3. The lowest BCUT2D eigenvalue weighted by Gasteiger charge is -2.21. The van der Waals surface area contributed by atoms with Crippen molar-refractivity contribution in [2.45, 2.75) is 6.92 Å². The molecular weight excluding hydrogens is 176 g/mol. The molecule has 0 spiro atoms. The maximum atomic E-state index is 10.3. The molecule has 1 aliphatic heterocycles. The summed E-state index contributed by atoms with van der Waals surface area (Å²) in [7, 11) is -0.260. The van der Waals surface area contributed by atoms with Crippen molar-refractivity contribution in [2.24, 2.45) is 4.99 Å². The normalized spacial score (nSPS) is 16.7. The zero-order valence-electron chi connectivity index (χ0n) is 6.98. The summed E-state index contributed by atoms with van der Waals surface area (Å²) in [6.45, 7) is 2.48. The molecule has 0 fully saturated rings. The zero-order valence-corrected chi connectivity index (χ0v) is 7.80. The van der Waals surface area contributed by atoms with Crippen molar-refractivity contribution < 1.29 is 8.42 Å². The molecule has 0 aromatic carbocycles. The number of hydrogen-bond acceptors (Lipinski definition) is 4. The molecule has 0 unspecified atom stereocenters. The van der Waals surface area contributed by atoms with Gasteiger partial charge in [-0.3, -0.25) is 4.99 Å². The Morgan fingerprint density at radius 3 is 2.83 bits per heavy atom. The van der Waals surface area contributed by atoms with Crippen molar-refractivity contribution in [1.29, 1.82) is 0 Å². The molecule has 1 heterocycles. The second-order valence-corrected chi connectivity index (χ2v) is 3.38. The van der Waals surface area contributed by atoms with E-state index in [1.54, 1.807) is 6.20 Å². The maximum Gasteiger partial charge on any atom is 0.215 e. The predicted molar refractivity (Wildman–Crippen MR) is 48.8 cm³/mol. The highest BCUT2D eigenvalue weighted by molar-refractivity contribution is 7.73. The molecule has 0 atom stereocenters. The van der Waals surface area contributed by atoms with E-state index < -0.39 is 10.3 Å². The van der Waals surface area contributed by atoms with Gasteiger partial charge in [0.1, 0.15) is 0 Å². The Balaban J connectivity index is 2.92. The Morgan fingerprint density at radius 2 is 2.33 bits per heavy atom. The van der Waals surface area contributed by atoms with Crippen molar-refractivity contribution >= 4 is 21.4 Å². The van der Waals surface area contributed by atoms with Crippen LogP contribution in [0.2, 0.25) is 0 Å². The summed E-state index contributed by atoms with van der Waals surface area (Å²) in [6, 6.07) is 0. The van der Waals surface area contributed by atoms with Crippen LogP contribution in [0.1, 0.15) is 6.92 Å². The molecule has 0 saturated heterocycles. The fraction of sp³-hybridized carbons (Fsp3) is 0.429. The third-order valence-corrected chi connectivity index (χ3v) is 2.12. The third-order valence-electron chi connectivity index (χ3n) is 1.65. The first-order valence-corrected chi connectivity index (χ1v) is 4.61. The van der Waals surface area contributed by atoms with Gasteiger partial charge in [-0.25, -0.2) is 0 Å². The number of aliphatic imine (C=N–C) groups is 1. The molecule has 1 aliphatic rings. The highest BCUT2D eigenvalue weighted by Gasteiger charge is 2.07. The second kappa shape index (κ2) is 3.53. The number of hydrogen-bond donors (Lipinski definition) is 0. The van der Waals surface area contributed by atoms with Crippen LogP contribution in [0.5, 0.6) is 0 Å². The zero-order chi connectivity index (χ0) is 9.14. The van der Waals surface area contributed by atoms with E-state index in [4.69, 9.17) is 0 Å². The molecule has 0 amide bonds. The van der Waals surface area contributed by atoms with Crippen LogP contribution >= 0.6 is 0 Å². The standard InChI is InChI=1S/C7H10N2O2S/c1-6-3-8-7(4-9(6)2)5-12(10)11/h3,5H,4H2,1-2H3. The van der Waals surface area contributed by atoms with E-state index in [2.05, 4.69) is 4.99 Å². The molecule has 5 heteroatoms. The largest absolute Gasteiger partial charge is 0.371 e. The molecule has 0 aromatic heterocycles. The molecule has 0 saturated carbocycles. The van der Waals surface area contributed by atoms with Crippen LogP contribution in [-0.4, -0.2) is 38.0 Å². The molecular formula is C7H10N2O2S. The van der Waals surface area contributed by atoms with E-state index in [0.29, 0.717) is 12.3 Å². The van der Waals surface area contributed by atoms with Gasteiger partial charge in [0.25, 0.3) is 0 Å². The first kappa shape index (κ1) is 8.99. The van der Waals surface area contributed by atoms with Crippen LogP contribution in [-0.2, 0) is 10.3 Å². The van der Waals surface area contributed by atoms with Gasteiger partial charge in [0, 0.05) is 18.9 Å². The molecule has 4 nitrogen and oxygen atoms in total. The van der Waals surface area contributed by atoms with Crippen molar-refractivity contribution in [1.82, 2.24) is 4.90 Å². The first-order chi connectivity index (χ1) is 5.59. The highest BCUT2D eigenvalue weighted by atomic mass is 32.2. The fourth-order valence-electron chi connectivity index (χ4n) is 0.862. The van der Waals surface area contributed by atoms with E-state index in [9.17, 15) is 8.42 Å². The Kier molecular flexibility index (Phi) is 2.65. The van der Waals surface area contributed by atoms with Crippen molar-refractivity contribution in [3.8, 4) is 0 Å². The average Bonchev–Trinajstić information content (AvgIpc) is 1.96. The minimum absolute atomic E-state index is 0.552. The van der Waals surface area contributed by atoms with Crippen LogP contribution in [0, 0.1) is 0 Å². The first-order valence-electron chi connectivity index (χ1n) is 3.47. The Labute approximate surface area is 72.7 Å². The van der Waals surface area contributed by atoms with Crippen LogP contribution in [0.4, 0.5) is 0 Å². The average molecular weight is 186 g/mol. The lowest BCUT2D eigenvalue weighted by atomic mass is 10.3. The highest BCUT2D eigenvalue weighted by Crippen LogP contribution is 2.04.